The largest absolute Gasteiger partial charge is 0.348 e. The first kappa shape index (κ1) is 22.2. The summed E-state index contributed by atoms with van der Waals surface area (Å²) in [5, 5.41) is 3.86. The van der Waals surface area contributed by atoms with Gasteiger partial charge in [0.1, 0.15) is 0 Å². The summed E-state index contributed by atoms with van der Waals surface area (Å²) in [5.41, 5.74) is 3.37. The van der Waals surface area contributed by atoms with E-state index in [9.17, 15) is 9.59 Å². The van der Waals surface area contributed by atoms with E-state index in [1.165, 1.54) is 6.20 Å². The van der Waals surface area contributed by atoms with E-state index in [1.54, 1.807) is 48.5 Å². The molecule has 4 rings (SSSR count). The summed E-state index contributed by atoms with van der Waals surface area (Å²) in [5.74, 6) is 0.284. The maximum Gasteiger partial charge on any atom is 0.253 e. The molecule has 3 aromatic rings. The van der Waals surface area contributed by atoms with Crippen LogP contribution in [0, 0.1) is 5.92 Å². The van der Waals surface area contributed by atoms with Gasteiger partial charge in [-0.25, -0.2) is 0 Å². The molecule has 0 aliphatic heterocycles. The third-order valence-corrected chi connectivity index (χ3v) is 6.03. The van der Waals surface area contributed by atoms with E-state index >= 15 is 0 Å². The molecule has 2 amide bonds. The van der Waals surface area contributed by atoms with Gasteiger partial charge in [-0.3, -0.25) is 19.6 Å². The number of pyridine rings is 2. The van der Waals surface area contributed by atoms with Gasteiger partial charge in [-0.2, -0.15) is 0 Å². The van der Waals surface area contributed by atoms with Crippen molar-refractivity contribution in [3.05, 3.63) is 76.2 Å². The third kappa shape index (κ3) is 5.26. The zero-order valence-corrected chi connectivity index (χ0v) is 19.0. The number of rotatable bonds is 7. The fourth-order valence-corrected chi connectivity index (χ4v) is 3.81. The van der Waals surface area contributed by atoms with Crippen molar-refractivity contribution in [3.8, 4) is 11.3 Å². The number of anilines is 1. The Morgan fingerprint density at radius 1 is 1.09 bits per heavy atom. The molecule has 1 N–H and O–H groups in total. The Morgan fingerprint density at radius 2 is 1.91 bits per heavy atom. The molecule has 0 radical (unpaired) electrons. The highest BCUT2D eigenvalue weighted by atomic mass is 35.5. The molecule has 164 valence electrons. The number of carbonyl (C=O) groups excluding carboxylic acids is 2. The Kier molecular flexibility index (Phi) is 6.72. The second-order valence-electron chi connectivity index (χ2n) is 7.82. The lowest BCUT2D eigenvalue weighted by Crippen LogP contribution is -2.30. The van der Waals surface area contributed by atoms with Crippen LogP contribution < -0.4 is 10.2 Å². The number of halogens is 2. The number of nitrogens with one attached hydrogen (secondary N) is 1. The van der Waals surface area contributed by atoms with Crippen LogP contribution in [0.5, 0.6) is 0 Å². The van der Waals surface area contributed by atoms with E-state index in [1.807, 2.05) is 12.1 Å². The summed E-state index contributed by atoms with van der Waals surface area (Å²) in [6.45, 7) is 2.53. The van der Waals surface area contributed by atoms with E-state index in [-0.39, 0.29) is 18.4 Å². The van der Waals surface area contributed by atoms with Crippen molar-refractivity contribution in [2.45, 2.75) is 26.3 Å². The molecular weight excluding hydrogens is 447 g/mol. The van der Waals surface area contributed by atoms with Gasteiger partial charge < -0.3 is 10.2 Å². The van der Waals surface area contributed by atoms with Gasteiger partial charge in [0, 0.05) is 54.8 Å². The molecule has 8 heteroatoms. The summed E-state index contributed by atoms with van der Waals surface area (Å²) < 4.78 is 0. The predicted octanol–water partition coefficient (Wildman–Crippen LogP) is 5.14. The quantitative estimate of drug-likeness (QED) is 0.520. The molecule has 0 spiro atoms. The first-order valence-electron chi connectivity index (χ1n) is 10.3. The fraction of sp³-hybridized carbons (Fsp3) is 0.250. The van der Waals surface area contributed by atoms with E-state index in [0.29, 0.717) is 39.5 Å². The molecule has 0 saturated heterocycles. The third-order valence-electron chi connectivity index (χ3n) is 5.36. The summed E-state index contributed by atoms with van der Waals surface area (Å²) >= 11 is 12.6. The van der Waals surface area contributed by atoms with Crippen LogP contribution in [0.3, 0.4) is 0 Å². The highest BCUT2D eigenvalue weighted by Crippen LogP contribution is 2.35. The van der Waals surface area contributed by atoms with Crippen LogP contribution in [0.15, 0.2) is 55.0 Å². The highest BCUT2D eigenvalue weighted by molar-refractivity contribution is 6.34. The molecule has 2 aromatic heterocycles. The molecule has 0 atom stereocenters. The Labute approximate surface area is 196 Å². The molecule has 1 aliphatic carbocycles. The predicted molar refractivity (Wildman–Crippen MR) is 126 cm³/mol. The lowest BCUT2D eigenvalue weighted by Gasteiger charge is -2.22. The minimum Gasteiger partial charge on any atom is -0.348 e. The number of carbonyl (C=O) groups is 2. The van der Waals surface area contributed by atoms with Gasteiger partial charge >= 0.3 is 0 Å². The van der Waals surface area contributed by atoms with Gasteiger partial charge in [-0.1, -0.05) is 29.3 Å². The van der Waals surface area contributed by atoms with Crippen molar-refractivity contribution >= 4 is 40.7 Å². The topological polar surface area (TPSA) is 75.2 Å². The van der Waals surface area contributed by atoms with Crippen LogP contribution in [-0.4, -0.2) is 28.3 Å². The first-order chi connectivity index (χ1) is 15.4. The number of hydrogen-bond donors (Lipinski definition) is 1. The van der Waals surface area contributed by atoms with E-state index < -0.39 is 0 Å². The molecule has 32 heavy (non-hydrogen) atoms. The monoisotopic (exact) mass is 468 g/mol. The Hall–Kier alpha value is -2.96. The minimum atomic E-state index is -0.255. The van der Waals surface area contributed by atoms with Gasteiger partial charge in [-0.05, 0) is 49.1 Å². The molecule has 1 saturated carbocycles. The van der Waals surface area contributed by atoms with E-state index in [2.05, 4.69) is 15.3 Å². The summed E-state index contributed by atoms with van der Waals surface area (Å²) in [4.78, 5) is 34.7. The Morgan fingerprint density at radius 3 is 2.53 bits per heavy atom. The van der Waals surface area contributed by atoms with Gasteiger partial charge in [0.15, 0.2) is 0 Å². The average Bonchev–Trinajstić information content (AvgIpc) is 3.61. The van der Waals surface area contributed by atoms with Crippen molar-refractivity contribution in [1.29, 1.82) is 0 Å². The van der Waals surface area contributed by atoms with Crippen molar-refractivity contribution < 1.29 is 9.59 Å². The van der Waals surface area contributed by atoms with Crippen molar-refractivity contribution in [3.63, 3.8) is 0 Å². The van der Waals surface area contributed by atoms with Gasteiger partial charge in [0.2, 0.25) is 5.91 Å². The lowest BCUT2D eigenvalue weighted by molar-refractivity contribution is -0.116. The molecule has 0 bridgehead atoms. The van der Waals surface area contributed by atoms with E-state index in [4.69, 9.17) is 23.2 Å². The second-order valence-corrected chi connectivity index (χ2v) is 8.64. The summed E-state index contributed by atoms with van der Waals surface area (Å²) in [6, 6.07) is 10.7. The van der Waals surface area contributed by atoms with Crippen LogP contribution in [0.25, 0.3) is 11.3 Å². The van der Waals surface area contributed by atoms with Crippen molar-refractivity contribution in [1.82, 2.24) is 15.3 Å². The zero-order valence-electron chi connectivity index (χ0n) is 17.5. The zero-order chi connectivity index (χ0) is 22.7. The number of amides is 2. The first-order valence-corrected chi connectivity index (χ1v) is 11.1. The molecule has 1 aromatic carbocycles. The summed E-state index contributed by atoms with van der Waals surface area (Å²) in [7, 11) is 0. The standard InChI is InChI=1S/C24H22Cl2N4O2/c1-15(31)30(14-16-2-3-16)23-7-5-17(10-21(23)26)22-6-4-18(12-28-22)24(32)29-13-19-11-27-9-8-20(19)25/h4-12,16H,2-3,13-14H2,1H3,(H,29,32). The normalized spacial score (nSPS) is 13.0. The van der Waals surface area contributed by atoms with Crippen LogP contribution in [0.4, 0.5) is 5.69 Å². The highest BCUT2D eigenvalue weighted by Gasteiger charge is 2.27. The molecule has 2 heterocycles. The SMILES string of the molecule is CC(=O)N(CC1CC1)c1ccc(-c2ccc(C(=O)NCc3cnccc3Cl)cn2)cc1Cl. The number of hydrogen-bond acceptors (Lipinski definition) is 4. The van der Waals surface area contributed by atoms with Gasteiger partial charge in [0.05, 0.1) is 22.0 Å². The Bertz CT molecular complexity index is 1150. The van der Waals surface area contributed by atoms with Crippen LogP contribution in [0.2, 0.25) is 10.0 Å². The van der Waals surface area contributed by atoms with E-state index in [0.717, 1.165) is 24.0 Å². The van der Waals surface area contributed by atoms with Gasteiger partial charge in [-0.15, -0.1) is 0 Å². The summed E-state index contributed by atoms with van der Waals surface area (Å²) in [6.07, 6.45) is 7.04. The smallest absolute Gasteiger partial charge is 0.253 e. The molecule has 1 aliphatic rings. The van der Waals surface area contributed by atoms with Crippen LogP contribution in [-0.2, 0) is 11.3 Å². The minimum absolute atomic E-state index is 0.0207. The Balaban J connectivity index is 1.45. The van der Waals surface area contributed by atoms with Gasteiger partial charge in [0.25, 0.3) is 5.91 Å². The van der Waals surface area contributed by atoms with Crippen LogP contribution in [0.1, 0.15) is 35.7 Å². The lowest BCUT2D eigenvalue weighted by atomic mass is 10.1. The maximum atomic E-state index is 12.4. The van der Waals surface area contributed by atoms with Crippen molar-refractivity contribution in [2.24, 2.45) is 5.92 Å². The van der Waals surface area contributed by atoms with Crippen LogP contribution >= 0.6 is 23.2 Å². The number of benzene rings is 1. The molecule has 6 nitrogen and oxygen atoms in total. The molecule has 1 fully saturated rings. The average molecular weight is 469 g/mol. The molecule has 0 unspecified atom stereocenters. The number of nitrogens with zero attached hydrogens (tertiary/aromatic N) is 3. The molecular formula is C24H22Cl2N4O2. The van der Waals surface area contributed by atoms with Crippen molar-refractivity contribution in [2.75, 3.05) is 11.4 Å². The number of aromatic nitrogens is 2. The fourth-order valence-electron chi connectivity index (χ4n) is 3.36. The second kappa shape index (κ2) is 9.67. The maximum absolute atomic E-state index is 12.4.